The van der Waals surface area contributed by atoms with Crippen LogP contribution in [0.25, 0.3) is 11.1 Å². The molecule has 1 aromatic heterocycles. The number of carbonyl (C=O) groups is 1. The number of unbranched alkanes of at least 4 members (excludes halogenated alkanes) is 1. The molecule has 2 aromatic carbocycles. The average molecular weight is 392 g/mol. The second-order valence-corrected chi connectivity index (χ2v) is 7.85. The Hall–Kier alpha value is -2.95. The lowest BCUT2D eigenvalue weighted by Crippen LogP contribution is -2.11. The van der Waals surface area contributed by atoms with Crippen LogP contribution in [0.4, 0.5) is 0 Å². The molecule has 0 spiro atoms. The minimum Gasteiger partial charge on any atom is -0.478 e. The quantitative estimate of drug-likeness (QED) is 0.542. The topological polar surface area (TPSA) is 68.0 Å². The first-order chi connectivity index (χ1) is 14.0. The number of aromatic carboxylic acids is 1. The van der Waals surface area contributed by atoms with Crippen molar-refractivity contribution in [3.05, 3.63) is 71.3 Å². The van der Waals surface area contributed by atoms with Gasteiger partial charge in [0.15, 0.2) is 5.82 Å². The Labute approximate surface area is 172 Å². The van der Waals surface area contributed by atoms with Crippen LogP contribution in [-0.4, -0.2) is 25.8 Å². The molecule has 0 saturated heterocycles. The molecule has 1 heterocycles. The van der Waals surface area contributed by atoms with Gasteiger partial charge in [-0.1, -0.05) is 69.7 Å². The second-order valence-electron chi connectivity index (χ2n) is 7.85. The minimum atomic E-state index is -0.911. The smallest absolute Gasteiger partial charge is 0.336 e. The van der Waals surface area contributed by atoms with Crippen molar-refractivity contribution in [1.82, 2.24) is 14.8 Å². The molecule has 1 N–H and O–H groups in total. The standard InChI is InChI=1S/C24H29N3O2/c1-4-5-10-22-25-23(27(26-22)16-17(2)3)15-18-11-13-19(14-12-18)20-8-6-7-9-21(20)24(28)29/h6-9,11-14,17H,4-5,10,15-16H2,1-3H3,(H,28,29). The third kappa shape index (κ3) is 5.31. The number of aryl methyl sites for hydroxylation is 1. The molecule has 0 aliphatic carbocycles. The summed E-state index contributed by atoms with van der Waals surface area (Å²) in [5.41, 5.74) is 3.09. The number of hydrogen-bond donors (Lipinski definition) is 1. The molecule has 0 atom stereocenters. The highest BCUT2D eigenvalue weighted by molar-refractivity contribution is 5.95. The molecule has 5 nitrogen and oxygen atoms in total. The van der Waals surface area contributed by atoms with Gasteiger partial charge in [-0.3, -0.25) is 0 Å². The molecule has 152 valence electrons. The van der Waals surface area contributed by atoms with Crippen LogP contribution in [0.2, 0.25) is 0 Å². The Balaban J connectivity index is 1.83. The summed E-state index contributed by atoms with van der Waals surface area (Å²) in [7, 11) is 0. The van der Waals surface area contributed by atoms with Crippen molar-refractivity contribution in [3.63, 3.8) is 0 Å². The lowest BCUT2D eigenvalue weighted by molar-refractivity contribution is 0.0697. The SMILES string of the molecule is CCCCc1nc(Cc2ccc(-c3ccccc3C(=O)O)cc2)n(CC(C)C)n1. The van der Waals surface area contributed by atoms with E-state index in [1.165, 1.54) is 0 Å². The molecule has 0 aliphatic rings. The van der Waals surface area contributed by atoms with Crippen molar-refractivity contribution in [3.8, 4) is 11.1 Å². The maximum Gasteiger partial charge on any atom is 0.336 e. The van der Waals surface area contributed by atoms with Crippen LogP contribution in [-0.2, 0) is 19.4 Å². The lowest BCUT2D eigenvalue weighted by atomic mass is 9.98. The summed E-state index contributed by atoms with van der Waals surface area (Å²) < 4.78 is 2.04. The molecule has 5 heteroatoms. The summed E-state index contributed by atoms with van der Waals surface area (Å²) in [5, 5.41) is 14.1. The number of benzene rings is 2. The number of rotatable bonds is 9. The fraction of sp³-hybridized carbons (Fsp3) is 0.375. The first-order valence-corrected chi connectivity index (χ1v) is 10.3. The molecular formula is C24H29N3O2. The van der Waals surface area contributed by atoms with Crippen LogP contribution in [0.5, 0.6) is 0 Å². The van der Waals surface area contributed by atoms with Gasteiger partial charge in [0, 0.05) is 19.4 Å². The molecule has 0 amide bonds. The van der Waals surface area contributed by atoms with Crippen molar-refractivity contribution >= 4 is 5.97 Å². The van der Waals surface area contributed by atoms with E-state index in [2.05, 4.69) is 20.8 Å². The zero-order valence-corrected chi connectivity index (χ0v) is 17.4. The average Bonchev–Trinajstić information content (AvgIpc) is 3.07. The van der Waals surface area contributed by atoms with E-state index in [9.17, 15) is 9.90 Å². The molecule has 0 bridgehead atoms. The van der Waals surface area contributed by atoms with E-state index in [0.29, 0.717) is 17.9 Å². The van der Waals surface area contributed by atoms with Crippen molar-refractivity contribution in [2.24, 2.45) is 5.92 Å². The van der Waals surface area contributed by atoms with E-state index in [1.807, 2.05) is 41.1 Å². The summed E-state index contributed by atoms with van der Waals surface area (Å²) in [6, 6.07) is 15.2. The van der Waals surface area contributed by atoms with Gasteiger partial charge in [-0.05, 0) is 35.1 Å². The Kier molecular flexibility index (Phi) is 6.81. The maximum atomic E-state index is 11.5. The van der Waals surface area contributed by atoms with Gasteiger partial charge in [0.05, 0.1) is 5.56 Å². The monoisotopic (exact) mass is 391 g/mol. The normalized spacial score (nSPS) is 11.2. The van der Waals surface area contributed by atoms with Gasteiger partial charge >= 0.3 is 5.97 Å². The Morgan fingerprint density at radius 1 is 1.10 bits per heavy atom. The van der Waals surface area contributed by atoms with Crippen LogP contribution in [0.15, 0.2) is 48.5 Å². The van der Waals surface area contributed by atoms with Crippen LogP contribution in [0.1, 0.15) is 61.2 Å². The van der Waals surface area contributed by atoms with E-state index in [1.54, 1.807) is 12.1 Å². The van der Waals surface area contributed by atoms with Gasteiger partial charge in [-0.2, -0.15) is 5.10 Å². The fourth-order valence-electron chi connectivity index (χ4n) is 3.40. The van der Waals surface area contributed by atoms with Gasteiger partial charge in [-0.15, -0.1) is 0 Å². The van der Waals surface area contributed by atoms with E-state index in [-0.39, 0.29) is 0 Å². The van der Waals surface area contributed by atoms with E-state index in [0.717, 1.165) is 54.1 Å². The Bertz CT molecular complexity index is 959. The van der Waals surface area contributed by atoms with E-state index in [4.69, 9.17) is 10.1 Å². The lowest BCUT2D eigenvalue weighted by Gasteiger charge is -2.10. The summed E-state index contributed by atoms with van der Waals surface area (Å²) in [5.74, 6) is 1.51. The van der Waals surface area contributed by atoms with Crippen LogP contribution in [0.3, 0.4) is 0 Å². The van der Waals surface area contributed by atoms with Crippen molar-refractivity contribution < 1.29 is 9.90 Å². The first kappa shape index (κ1) is 20.8. The van der Waals surface area contributed by atoms with Crippen molar-refractivity contribution in [2.75, 3.05) is 0 Å². The second kappa shape index (κ2) is 9.50. The predicted molar refractivity (Wildman–Crippen MR) is 115 cm³/mol. The first-order valence-electron chi connectivity index (χ1n) is 10.3. The molecule has 0 unspecified atom stereocenters. The molecule has 0 saturated carbocycles. The molecule has 29 heavy (non-hydrogen) atoms. The van der Waals surface area contributed by atoms with Crippen molar-refractivity contribution in [1.29, 1.82) is 0 Å². The Morgan fingerprint density at radius 3 is 2.48 bits per heavy atom. The summed E-state index contributed by atoms with van der Waals surface area (Å²) >= 11 is 0. The molecule has 3 aromatic rings. The highest BCUT2D eigenvalue weighted by atomic mass is 16.4. The van der Waals surface area contributed by atoms with E-state index < -0.39 is 5.97 Å². The zero-order valence-electron chi connectivity index (χ0n) is 17.4. The third-order valence-corrected chi connectivity index (χ3v) is 4.87. The van der Waals surface area contributed by atoms with Crippen LogP contribution >= 0.6 is 0 Å². The summed E-state index contributed by atoms with van der Waals surface area (Å²) in [6.45, 7) is 7.41. The number of carboxylic acid groups (broad SMARTS) is 1. The molecular weight excluding hydrogens is 362 g/mol. The molecule has 0 fully saturated rings. The third-order valence-electron chi connectivity index (χ3n) is 4.87. The molecule has 3 rings (SSSR count). The molecule has 0 radical (unpaired) electrons. The number of carboxylic acids is 1. The maximum absolute atomic E-state index is 11.5. The van der Waals surface area contributed by atoms with Crippen molar-refractivity contribution in [2.45, 2.75) is 53.0 Å². The predicted octanol–water partition coefficient (Wildman–Crippen LogP) is 5.23. The van der Waals surface area contributed by atoms with Crippen LogP contribution < -0.4 is 0 Å². The summed E-state index contributed by atoms with van der Waals surface area (Å²) in [4.78, 5) is 16.3. The number of hydrogen-bond acceptors (Lipinski definition) is 3. The molecule has 0 aliphatic heterocycles. The van der Waals surface area contributed by atoms with Gasteiger partial charge < -0.3 is 5.11 Å². The highest BCUT2D eigenvalue weighted by Gasteiger charge is 2.13. The highest BCUT2D eigenvalue weighted by Crippen LogP contribution is 2.24. The number of aromatic nitrogens is 3. The van der Waals surface area contributed by atoms with E-state index >= 15 is 0 Å². The van der Waals surface area contributed by atoms with Gasteiger partial charge in [0.25, 0.3) is 0 Å². The van der Waals surface area contributed by atoms with Gasteiger partial charge in [0.1, 0.15) is 5.82 Å². The van der Waals surface area contributed by atoms with Crippen LogP contribution in [0, 0.1) is 5.92 Å². The fourth-order valence-corrected chi connectivity index (χ4v) is 3.40. The summed E-state index contributed by atoms with van der Waals surface area (Å²) in [6.07, 6.45) is 3.86. The zero-order chi connectivity index (χ0) is 20.8. The number of nitrogens with zero attached hydrogens (tertiary/aromatic N) is 3. The van der Waals surface area contributed by atoms with Gasteiger partial charge in [-0.25, -0.2) is 14.5 Å². The Morgan fingerprint density at radius 2 is 1.83 bits per heavy atom. The largest absolute Gasteiger partial charge is 0.478 e. The minimum absolute atomic E-state index is 0.317. The van der Waals surface area contributed by atoms with Gasteiger partial charge in [0.2, 0.25) is 0 Å².